The first kappa shape index (κ1) is 19.5. The molecule has 6 nitrogen and oxygen atoms in total. The average Bonchev–Trinajstić information content (AvgIpc) is 3.02. The highest BCUT2D eigenvalue weighted by Crippen LogP contribution is 2.42. The smallest absolute Gasteiger partial charge is 0.258 e. The van der Waals surface area contributed by atoms with Gasteiger partial charge in [0.25, 0.3) is 5.91 Å². The molecule has 0 aliphatic carbocycles. The van der Waals surface area contributed by atoms with E-state index >= 15 is 0 Å². The fourth-order valence-electron chi connectivity index (χ4n) is 4.05. The standard InChI is InChI=1S/C21H30N2O4/c1-12-10-18-15(4)20(13(2)14(3)21(18)27-12)26-11-19(25)22-17-6-8-23(9-7-17)16(5)24/h12,17H,6-11H2,1-5H3,(H,22,25). The van der Waals surface area contributed by atoms with Crippen molar-refractivity contribution in [3.05, 3.63) is 22.3 Å². The normalized spacial score (nSPS) is 19.4. The molecule has 0 spiro atoms. The first-order valence-corrected chi connectivity index (χ1v) is 9.74. The maximum Gasteiger partial charge on any atom is 0.258 e. The van der Waals surface area contributed by atoms with Crippen LogP contribution in [0.2, 0.25) is 0 Å². The summed E-state index contributed by atoms with van der Waals surface area (Å²) in [7, 11) is 0. The van der Waals surface area contributed by atoms with E-state index in [1.165, 1.54) is 5.56 Å². The number of nitrogens with zero attached hydrogens (tertiary/aromatic N) is 1. The predicted molar refractivity (Wildman–Crippen MR) is 103 cm³/mol. The van der Waals surface area contributed by atoms with Crippen molar-refractivity contribution in [1.29, 1.82) is 0 Å². The molecule has 2 aliphatic rings. The van der Waals surface area contributed by atoms with Crippen LogP contribution in [0.15, 0.2) is 0 Å². The molecule has 1 atom stereocenters. The molecular weight excluding hydrogens is 344 g/mol. The molecule has 2 heterocycles. The lowest BCUT2D eigenvalue weighted by atomic mass is 9.96. The summed E-state index contributed by atoms with van der Waals surface area (Å²) in [5, 5.41) is 3.03. The van der Waals surface area contributed by atoms with E-state index in [0.29, 0.717) is 13.1 Å². The molecule has 2 aliphatic heterocycles. The molecule has 0 radical (unpaired) electrons. The number of fused-ring (bicyclic) bond motifs is 1. The van der Waals surface area contributed by atoms with E-state index in [1.807, 2.05) is 25.7 Å². The summed E-state index contributed by atoms with van der Waals surface area (Å²) in [5.41, 5.74) is 4.38. The maximum absolute atomic E-state index is 12.4. The minimum Gasteiger partial charge on any atom is -0.490 e. The van der Waals surface area contributed by atoms with Gasteiger partial charge < -0.3 is 19.7 Å². The van der Waals surface area contributed by atoms with Gasteiger partial charge in [-0.25, -0.2) is 0 Å². The molecule has 1 N–H and O–H groups in total. The second-order valence-corrected chi connectivity index (χ2v) is 7.78. The molecule has 0 aromatic heterocycles. The third kappa shape index (κ3) is 4.04. The second-order valence-electron chi connectivity index (χ2n) is 7.78. The third-order valence-electron chi connectivity index (χ3n) is 5.77. The minimum absolute atomic E-state index is 0.00321. The van der Waals surface area contributed by atoms with E-state index in [-0.39, 0.29) is 30.6 Å². The van der Waals surface area contributed by atoms with Crippen molar-refractivity contribution in [3.63, 3.8) is 0 Å². The highest BCUT2D eigenvalue weighted by Gasteiger charge is 2.28. The summed E-state index contributed by atoms with van der Waals surface area (Å²) >= 11 is 0. The zero-order chi connectivity index (χ0) is 19.7. The molecule has 1 unspecified atom stereocenters. The van der Waals surface area contributed by atoms with Crippen LogP contribution in [-0.4, -0.2) is 48.6 Å². The van der Waals surface area contributed by atoms with Crippen molar-refractivity contribution in [2.24, 2.45) is 0 Å². The van der Waals surface area contributed by atoms with E-state index in [0.717, 1.165) is 47.5 Å². The summed E-state index contributed by atoms with van der Waals surface area (Å²) in [4.78, 5) is 25.6. The number of ether oxygens (including phenoxy) is 2. The number of hydrogen-bond donors (Lipinski definition) is 1. The van der Waals surface area contributed by atoms with Crippen LogP contribution in [-0.2, 0) is 16.0 Å². The quantitative estimate of drug-likeness (QED) is 0.879. The number of hydrogen-bond acceptors (Lipinski definition) is 4. The Kier molecular flexibility index (Phi) is 5.63. The van der Waals surface area contributed by atoms with Crippen molar-refractivity contribution in [1.82, 2.24) is 10.2 Å². The summed E-state index contributed by atoms with van der Waals surface area (Å²) in [6, 6.07) is 0.106. The molecule has 1 fully saturated rings. The van der Waals surface area contributed by atoms with Gasteiger partial charge in [0, 0.05) is 38.0 Å². The van der Waals surface area contributed by atoms with Gasteiger partial charge in [0.05, 0.1) is 0 Å². The zero-order valence-corrected chi connectivity index (χ0v) is 17.0. The molecular formula is C21H30N2O4. The van der Waals surface area contributed by atoms with Crippen LogP contribution in [0.5, 0.6) is 11.5 Å². The Labute approximate surface area is 161 Å². The first-order chi connectivity index (χ1) is 12.8. The number of carbonyl (C=O) groups is 2. The van der Waals surface area contributed by atoms with Crippen molar-refractivity contribution in [2.45, 2.75) is 66.0 Å². The minimum atomic E-state index is -0.113. The van der Waals surface area contributed by atoms with Gasteiger partial charge >= 0.3 is 0 Å². The lowest BCUT2D eigenvalue weighted by Crippen LogP contribution is -2.47. The van der Waals surface area contributed by atoms with Crippen LogP contribution in [0.4, 0.5) is 0 Å². The molecule has 27 heavy (non-hydrogen) atoms. The lowest BCUT2D eigenvalue weighted by Gasteiger charge is -2.31. The van der Waals surface area contributed by atoms with Crippen LogP contribution in [0.3, 0.4) is 0 Å². The van der Waals surface area contributed by atoms with Crippen molar-refractivity contribution >= 4 is 11.8 Å². The number of amides is 2. The number of carbonyl (C=O) groups excluding carboxylic acids is 2. The highest BCUT2D eigenvalue weighted by molar-refractivity contribution is 5.78. The third-order valence-corrected chi connectivity index (χ3v) is 5.77. The van der Waals surface area contributed by atoms with Gasteiger partial charge in [-0.2, -0.15) is 0 Å². The van der Waals surface area contributed by atoms with Gasteiger partial charge in [0.1, 0.15) is 17.6 Å². The molecule has 6 heteroatoms. The largest absolute Gasteiger partial charge is 0.490 e. The fourth-order valence-corrected chi connectivity index (χ4v) is 4.05. The van der Waals surface area contributed by atoms with E-state index in [2.05, 4.69) is 12.2 Å². The summed E-state index contributed by atoms with van der Waals surface area (Å²) in [5.74, 6) is 1.76. The first-order valence-electron chi connectivity index (χ1n) is 9.74. The Morgan fingerprint density at radius 2 is 1.81 bits per heavy atom. The van der Waals surface area contributed by atoms with E-state index < -0.39 is 0 Å². The molecule has 1 aromatic carbocycles. The number of rotatable bonds is 4. The Morgan fingerprint density at radius 1 is 1.15 bits per heavy atom. The van der Waals surface area contributed by atoms with Crippen LogP contribution in [0, 0.1) is 20.8 Å². The SMILES string of the molecule is CC(=O)N1CCC(NC(=O)COc2c(C)c(C)c3c(c2C)CC(C)O3)CC1. The summed E-state index contributed by atoms with van der Waals surface area (Å²) in [6.07, 6.45) is 2.63. The van der Waals surface area contributed by atoms with Gasteiger partial charge in [-0.3, -0.25) is 9.59 Å². The number of nitrogens with one attached hydrogen (secondary N) is 1. The Hall–Kier alpha value is -2.24. The molecule has 148 valence electrons. The Balaban J connectivity index is 1.59. The number of piperidine rings is 1. The zero-order valence-electron chi connectivity index (χ0n) is 17.0. The van der Waals surface area contributed by atoms with Crippen LogP contribution in [0.25, 0.3) is 0 Å². The van der Waals surface area contributed by atoms with E-state index in [4.69, 9.17) is 9.47 Å². The van der Waals surface area contributed by atoms with Crippen molar-refractivity contribution < 1.29 is 19.1 Å². The van der Waals surface area contributed by atoms with Gasteiger partial charge in [-0.05, 0) is 57.2 Å². The Morgan fingerprint density at radius 3 is 2.44 bits per heavy atom. The highest BCUT2D eigenvalue weighted by atomic mass is 16.5. The van der Waals surface area contributed by atoms with Gasteiger partial charge in [-0.1, -0.05) is 0 Å². The molecule has 0 saturated carbocycles. The molecule has 1 saturated heterocycles. The molecule has 0 bridgehead atoms. The Bertz CT molecular complexity index is 751. The summed E-state index contributed by atoms with van der Waals surface area (Å²) < 4.78 is 11.9. The fraction of sp³-hybridized carbons (Fsp3) is 0.619. The maximum atomic E-state index is 12.4. The van der Waals surface area contributed by atoms with Crippen LogP contribution in [0.1, 0.15) is 48.9 Å². The van der Waals surface area contributed by atoms with Crippen LogP contribution < -0.4 is 14.8 Å². The van der Waals surface area contributed by atoms with E-state index in [1.54, 1.807) is 6.92 Å². The van der Waals surface area contributed by atoms with Crippen LogP contribution >= 0.6 is 0 Å². The van der Waals surface area contributed by atoms with Crippen molar-refractivity contribution in [2.75, 3.05) is 19.7 Å². The monoisotopic (exact) mass is 374 g/mol. The van der Waals surface area contributed by atoms with Gasteiger partial charge in [0.2, 0.25) is 5.91 Å². The topological polar surface area (TPSA) is 67.9 Å². The molecule has 3 rings (SSSR count). The van der Waals surface area contributed by atoms with Gasteiger partial charge in [0.15, 0.2) is 6.61 Å². The molecule has 1 aromatic rings. The number of likely N-dealkylation sites (tertiary alicyclic amines) is 1. The number of benzene rings is 1. The summed E-state index contributed by atoms with van der Waals surface area (Å²) in [6.45, 7) is 11.1. The average molecular weight is 374 g/mol. The van der Waals surface area contributed by atoms with Crippen molar-refractivity contribution in [3.8, 4) is 11.5 Å². The lowest BCUT2D eigenvalue weighted by molar-refractivity contribution is -0.130. The molecule has 2 amide bonds. The predicted octanol–water partition coefficient (Wildman–Crippen LogP) is 2.44. The van der Waals surface area contributed by atoms with E-state index in [9.17, 15) is 9.59 Å². The van der Waals surface area contributed by atoms with Gasteiger partial charge in [-0.15, -0.1) is 0 Å². The second kappa shape index (κ2) is 7.79.